The maximum atomic E-state index is 11.0. The summed E-state index contributed by atoms with van der Waals surface area (Å²) in [5.74, 6) is 0.446. The average Bonchev–Trinajstić information content (AvgIpc) is 2.79. The van der Waals surface area contributed by atoms with E-state index in [4.69, 9.17) is 19.9 Å². The number of aromatic hydroxyl groups is 3. The van der Waals surface area contributed by atoms with Gasteiger partial charge in [0.2, 0.25) is 0 Å². The molecule has 0 heterocycles. The normalized spacial score (nSPS) is 10.7. The van der Waals surface area contributed by atoms with Gasteiger partial charge in [0.05, 0.1) is 26.0 Å². The summed E-state index contributed by atoms with van der Waals surface area (Å²) in [6.07, 6.45) is 1.26. The molecule has 0 saturated heterocycles. The summed E-state index contributed by atoms with van der Waals surface area (Å²) in [7, 11) is 2.89. The molecule has 3 aromatic rings. The first kappa shape index (κ1) is 23.1. The highest BCUT2D eigenvalue weighted by atomic mass is 16.5. The van der Waals surface area contributed by atoms with E-state index in [1.54, 1.807) is 24.3 Å². The predicted octanol–water partition coefficient (Wildman–Crippen LogP) is 3.19. The number of hydrazone groups is 1. The second-order valence-electron chi connectivity index (χ2n) is 6.71. The topological polar surface area (TPSA) is 156 Å². The number of phenolic OH excluding ortho intramolecular Hbond substituents is 3. The summed E-state index contributed by atoms with van der Waals surface area (Å²) in [4.78, 5) is 10.6. The molecule has 3 aromatic carbocycles. The molecule has 0 aliphatic rings. The standard InChI is InChI=1S/C23H23N3O7/c1-31-19-12-16(13-3-6-15(27)7-4-13)22(32-2)21(29)20(19)14-5-8-18(17(28)11-14)33-10-9-25-26-23(24)30/h3-9,11-12,27-29H,10H2,1-2H3,(H3,24,26,30). The van der Waals surface area contributed by atoms with Gasteiger partial charge in [0.15, 0.2) is 23.0 Å². The average molecular weight is 453 g/mol. The van der Waals surface area contributed by atoms with Crippen molar-refractivity contribution in [1.82, 2.24) is 5.43 Å². The highest BCUT2D eigenvalue weighted by Crippen LogP contribution is 2.50. The summed E-state index contributed by atoms with van der Waals surface area (Å²) >= 11 is 0. The van der Waals surface area contributed by atoms with Crippen LogP contribution < -0.4 is 25.4 Å². The number of nitrogens with one attached hydrogen (secondary N) is 1. The molecule has 10 nitrogen and oxygen atoms in total. The van der Waals surface area contributed by atoms with E-state index in [-0.39, 0.29) is 35.4 Å². The number of methoxy groups -OCH3 is 2. The monoisotopic (exact) mass is 453 g/mol. The van der Waals surface area contributed by atoms with Gasteiger partial charge >= 0.3 is 6.03 Å². The van der Waals surface area contributed by atoms with Gasteiger partial charge in [-0.2, -0.15) is 5.10 Å². The number of phenols is 3. The lowest BCUT2D eigenvalue weighted by atomic mass is 9.96. The number of nitrogens with two attached hydrogens (primary N) is 1. The molecule has 172 valence electrons. The minimum Gasteiger partial charge on any atom is -0.508 e. The molecule has 33 heavy (non-hydrogen) atoms. The Morgan fingerprint density at radius 2 is 1.70 bits per heavy atom. The molecule has 0 bridgehead atoms. The highest BCUT2D eigenvalue weighted by Gasteiger charge is 2.22. The minimum atomic E-state index is -0.806. The van der Waals surface area contributed by atoms with Gasteiger partial charge in [0.25, 0.3) is 0 Å². The number of benzene rings is 3. The number of primary amides is 1. The van der Waals surface area contributed by atoms with Gasteiger partial charge < -0.3 is 35.3 Å². The molecular formula is C23H23N3O7. The van der Waals surface area contributed by atoms with E-state index < -0.39 is 6.03 Å². The Hall–Kier alpha value is -4.60. The fourth-order valence-electron chi connectivity index (χ4n) is 3.20. The van der Waals surface area contributed by atoms with Crippen LogP contribution in [0.25, 0.3) is 22.3 Å². The van der Waals surface area contributed by atoms with Crippen LogP contribution in [0.2, 0.25) is 0 Å². The third-order valence-electron chi connectivity index (χ3n) is 4.65. The Bertz CT molecular complexity index is 1180. The van der Waals surface area contributed by atoms with Crippen LogP contribution in [-0.4, -0.2) is 48.4 Å². The van der Waals surface area contributed by atoms with Crippen molar-refractivity contribution in [2.24, 2.45) is 10.8 Å². The number of carbonyl (C=O) groups excluding carboxylic acids is 1. The Kier molecular flexibility index (Phi) is 7.09. The van der Waals surface area contributed by atoms with Crippen LogP contribution in [-0.2, 0) is 0 Å². The second kappa shape index (κ2) is 10.1. The van der Waals surface area contributed by atoms with E-state index in [0.717, 1.165) is 0 Å². The number of ether oxygens (including phenoxy) is 3. The number of nitrogens with zero attached hydrogens (tertiary/aromatic N) is 1. The molecule has 0 aliphatic heterocycles. The first-order chi connectivity index (χ1) is 15.8. The lowest BCUT2D eigenvalue weighted by Gasteiger charge is -2.18. The molecule has 0 aliphatic carbocycles. The van der Waals surface area contributed by atoms with Gasteiger partial charge in [-0.3, -0.25) is 0 Å². The molecule has 0 fully saturated rings. The summed E-state index contributed by atoms with van der Waals surface area (Å²) in [6, 6.07) is 11.9. The molecule has 0 saturated carbocycles. The molecule has 10 heteroatoms. The Balaban J connectivity index is 1.97. The van der Waals surface area contributed by atoms with Gasteiger partial charge in [0, 0.05) is 5.56 Å². The van der Waals surface area contributed by atoms with Crippen molar-refractivity contribution >= 4 is 12.2 Å². The van der Waals surface area contributed by atoms with Crippen LogP contribution in [0.4, 0.5) is 4.79 Å². The summed E-state index contributed by atoms with van der Waals surface area (Å²) < 4.78 is 16.4. The van der Waals surface area contributed by atoms with E-state index in [1.165, 1.54) is 44.7 Å². The lowest BCUT2D eigenvalue weighted by Crippen LogP contribution is -2.24. The van der Waals surface area contributed by atoms with Gasteiger partial charge in [-0.25, -0.2) is 10.2 Å². The van der Waals surface area contributed by atoms with Crippen LogP contribution in [0.1, 0.15) is 0 Å². The van der Waals surface area contributed by atoms with Gasteiger partial charge in [-0.05, 0) is 41.5 Å². The fraction of sp³-hybridized carbons (Fsp3) is 0.130. The molecular weight excluding hydrogens is 430 g/mol. The van der Waals surface area contributed by atoms with Crippen LogP contribution in [0.15, 0.2) is 53.6 Å². The third kappa shape index (κ3) is 5.18. The van der Waals surface area contributed by atoms with Crippen LogP contribution >= 0.6 is 0 Å². The number of hydrogen-bond donors (Lipinski definition) is 5. The Morgan fingerprint density at radius 1 is 1.00 bits per heavy atom. The minimum absolute atomic E-state index is 0.0308. The van der Waals surface area contributed by atoms with Gasteiger partial charge in [-0.1, -0.05) is 18.2 Å². The van der Waals surface area contributed by atoms with Crippen molar-refractivity contribution in [3.8, 4) is 56.8 Å². The Morgan fingerprint density at radius 3 is 2.30 bits per heavy atom. The molecule has 0 aromatic heterocycles. The molecule has 3 rings (SSSR count). The van der Waals surface area contributed by atoms with Crippen LogP contribution in [0, 0.1) is 0 Å². The predicted molar refractivity (Wildman–Crippen MR) is 122 cm³/mol. The molecule has 0 radical (unpaired) electrons. The number of urea groups is 1. The maximum Gasteiger partial charge on any atom is 0.332 e. The first-order valence-electron chi connectivity index (χ1n) is 9.66. The first-order valence-corrected chi connectivity index (χ1v) is 9.66. The number of hydrogen-bond acceptors (Lipinski definition) is 8. The number of carbonyl (C=O) groups is 1. The van der Waals surface area contributed by atoms with Gasteiger partial charge in [-0.15, -0.1) is 0 Å². The van der Waals surface area contributed by atoms with E-state index in [2.05, 4.69) is 5.10 Å². The van der Waals surface area contributed by atoms with E-state index in [0.29, 0.717) is 28.0 Å². The van der Waals surface area contributed by atoms with E-state index in [9.17, 15) is 20.1 Å². The van der Waals surface area contributed by atoms with Crippen molar-refractivity contribution in [2.45, 2.75) is 0 Å². The van der Waals surface area contributed by atoms with Crippen molar-refractivity contribution in [3.63, 3.8) is 0 Å². The zero-order valence-electron chi connectivity index (χ0n) is 17.9. The third-order valence-corrected chi connectivity index (χ3v) is 4.65. The zero-order valence-corrected chi connectivity index (χ0v) is 17.9. The number of rotatable bonds is 8. The quantitative estimate of drug-likeness (QED) is 0.259. The molecule has 0 atom stereocenters. The molecule has 0 unspecified atom stereocenters. The van der Waals surface area contributed by atoms with E-state index >= 15 is 0 Å². The maximum absolute atomic E-state index is 11.0. The largest absolute Gasteiger partial charge is 0.508 e. The summed E-state index contributed by atoms with van der Waals surface area (Å²) in [6.45, 7) is -0.0308. The van der Waals surface area contributed by atoms with Gasteiger partial charge in [0.1, 0.15) is 18.1 Å². The van der Waals surface area contributed by atoms with Crippen LogP contribution in [0.3, 0.4) is 0 Å². The molecule has 6 N–H and O–H groups in total. The highest BCUT2D eigenvalue weighted by molar-refractivity contribution is 5.88. The zero-order chi connectivity index (χ0) is 24.0. The Labute approximate surface area is 189 Å². The lowest BCUT2D eigenvalue weighted by molar-refractivity contribution is 0.249. The van der Waals surface area contributed by atoms with Crippen LogP contribution in [0.5, 0.6) is 34.5 Å². The number of amides is 2. The van der Waals surface area contributed by atoms with Crippen molar-refractivity contribution < 1.29 is 34.3 Å². The second-order valence-corrected chi connectivity index (χ2v) is 6.71. The smallest absolute Gasteiger partial charge is 0.332 e. The fourth-order valence-corrected chi connectivity index (χ4v) is 3.20. The summed E-state index contributed by atoms with van der Waals surface area (Å²) in [5, 5.41) is 34.5. The van der Waals surface area contributed by atoms with Crippen molar-refractivity contribution in [2.75, 3.05) is 20.8 Å². The molecule has 2 amide bonds. The molecule has 0 spiro atoms. The van der Waals surface area contributed by atoms with E-state index in [1.807, 2.05) is 5.43 Å². The van der Waals surface area contributed by atoms with Crippen molar-refractivity contribution in [3.05, 3.63) is 48.5 Å². The van der Waals surface area contributed by atoms with Crippen molar-refractivity contribution in [1.29, 1.82) is 0 Å². The SMILES string of the molecule is COc1cc(-c2ccc(O)cc2)c(OC)c(O)c1-c1ccc(OCC=NNC(N)=O)c(O)c1. The summed E-state index contributed by atoms with van der Waals surface area (Å²) in [5.41, 5.74) is 8.94.